The van der Waals surface area contributed by atoms with Gasteiger partial charge in [-0.3, -0.25) is 4.79 Å². The van der Waals surface area contributed by atoms with E-state index < -0.39 is 5.97 Å². The topological polar surface area (TPSA) is 63.3 Å². The van der Waals surface area contributed by atoms with Crippen molar-refractivity contribution < 1.29 is 14.3 Å². The number of thioether (sulfide) groups is 1. The van der Waals surface area contributed by atoms with E-state index in [0.717, 1.165) is 16.7 Å². The van der Waals surface area contributed by atoms with Crippen LogP contribution in [0.3, 0.4) is 0 Å². The van der Waals surface area contributed by atoms with E-state index >= 15 is 0 Å². The summed E-state index contributed by atoms with van der Waals surface area (Å²) in [6.07, 6.45) is 0. The van der Waals surface area contributed by atoms with Crippen LogP contribution in [0, 0.1) is 6.92 Å². The van der Waals surface area contributed by atoms with Gasteiger partial charge >= 0.3 is 5.97 Å². The lowest BCUT2D eigenvalue weighted by Crippen LogP contribution is -1.98. The predicted octanol–water partition coefficient (Wildman–Crippen LogP) is 2.45. The van der Waals surface area contributed by atoms with Crippen molar-refractivity contribution in [2.45, 2.75) is 12.7 Å². The van der Waals surface area contributed by atoms with E-state index in [0.29, 0.717) is 11.6 Å². The van der Waals surface area contributed by atoms with Crippen LogP contribution in [0.2, 0.25) is 0 Å². The Morgan fingerprint density at radius 3 is 3.12 bits per heavy atom. The number of hydrogen-bond acceptors (Lipinski definition) is 4. The van der Waals surface area contributed by atoms with Gasteiger partial charge in [0.1, 0.15) is 5.52 Å². The van der Waals surface area contributed by atoms with Crippen molar-refractivity contribution in [3.05, 3.63) is 29.7 Å². The number of carboxylic acids is 1. The molecule has 0 unspecified atom stereocenters. The maximum absolute atomic E-state index is 10.3. The molecule has 0 saturated carbocycles. The van der Waals surface area contributed by atoms with Gasteiger partial charge in [-0.05, 0) is 24.6 Å². The Bertz CT molecular complexity index is 521. The standard InChI is InChI=1S/C11H11NO3S/c1-7-2-3-8-9(4-7)15-10(12-8)5-16-6-11(13)14/h2-4H,5-6H2,1H3,(H,13,14). The molecule has 4 nitrogen and oxygen atoms in total. The van der Waals surface area contributed by atoms with E-state index in [1.807, 2.05) is 25.1 Å². The summed E-state index contributed by atoms with van der Waals surface area (Å²) in [6.45, 7) is 1.99. The molecule has 0 amide bonds. The summed E-state index contributed by atoms with van der Waals surface area (Å²) in [7, 11) is 0. The molecule has 0 aliphatic rings. The van der Waals surface area contributed by atoms with E-state index in [1.54, 1.807) is 0 Å². The molecule has 16 heavy (non-hydrogen) atoms. The minimum absolute atomic E-state index is 0.0672. The summed E-state index contributed by atoms with van der Waals surface area (Å²) < 4.78 is 5.51. The number of carbonyl (C=O) groups is 1. The molecule has 0 aliphatic carbocycles. The number of carboxylic acid groups (broad SMARTS) is 1. The minimum Gasteiger partial charge on any atom is -0.481 e. The molecule has 2 rings (SSSR count). The number of benzene rings is 1. The van der Waals surface area contributed by atoms with Crippen LogP contribution >= 0.6 is 11.8 Å². The minimum atomic E-state index is -0.822. The van der Waals surface area contributed by atoms with Gasteiger partial charge in [-0.1, -0.05) is 6.07 Å². The highest BCUT2D eigenvalue weighted by Gasteiger charge is 2.06. The van der Waals surface area contributed by atoms with Gasteiger partial charge in [0, 0.05) is 0 Å². The van der Waals surface area contributed by atoms with Gasteiger partial charge in [-0.15, -0.1) is 11.8 Å². The van der Waals surface area contributed by atoms with Crippen LogP contribution in [-0.4, -0.2) is 21.8 Å². The van der Waals surface area contributed by atoms with Crippen molar-refractivity contribution in [2.24, 2.45) is 0 Å². The first kappa shape index (κ1) is 11.0. The fraction of sp³-hybridized carbons (Fsp3) is 0.273. The highest BCUT2D eigenvalue weighted by Crippen LogP contribution is 2.19. The SMILES string of the molecule is Cc1ccc2nc(CSCC(=O)O)oc2c1. The summed E-state index contributed by atoms with van der Waals surface area (Å²) in [5, 5.41) is 8.50. The third-order valence-electron chi connectivity index (χ3n) is 2.04. The van der Waals surface area contributed by atoms with Crippen LogP contribution in [-0.2, 0) is 10.5 Å². The quantitative estimate of drug-likeness (QED) is 0.884. The van der Waals surface area contributed by atoms with E-state index in [9.17, 15) is 4.79 Å². The summed E-state index contributed by atoms with van der Waals surface area (Å²) >= 11 is 1.28. The average molecular weight is 237 g/mol. The van der Waals surface area contributed by atoms with Crippen molar-refractivity contribution in [1.82, 2.24) is 4.98 Å². The molecular weight excluding hydrogens is 226 g/mol. The van der Waals surface area contributed by atoms with E-state index in [2.05, 4.69) is 4.98 Å². The van der Waals surface area contributed by atoms with Gasteiger partial charge in [0.2, 0.25) is 5.89 Å². The lowest BCUT2D eigenvalue weighted by molar-refractivity contribution is -0.133. The third-order valence-corrected chi connectivity index (χ3v) is 2.94. The van der Waals surface area contributed by atoms with Crippen LogP contribution in [0.5, 0.6) is 0 Å². The Kier molecular flexibility index (Phi) is 3.14. The highest BCUT2D eigenvalue weighted by molar-refractivity contribution is 7.99. The lowest BCUT2D eigenvalue weighted by atomic mass is 10.2. The first-order valence-electron chi connectivity index (χ1n) is 4.81. The van der Waals surface area contributed by atoms with Crippen molar-refractivity contribution in [2.75, 3.05) is 5.75 Å². The Morgan fingerprint density at radius 2 is 2.38 bits per heavy atom. The molecule has 2 aromatic rings. The van der Waals surface area contributed by atoms with E-state index in [1.165, 1.54) is 11.8 Å². The molecule has 1 aromatic carbocycles. The normalized spacial score (nSPS) is 10.8. The predicted molar refractivity (Wildman–Crippen MR) is 62.5 cm³/mol. The molecule has 0 fully saturated rings. The van der Waals surface area contributed by atoms with Crippen molar-refractivity contribution in [3.8, 4) is 0 Å². The number of aliphatic carboxylic acids is 1. The Hall–Kier alpha value is -1.49. The van der Waals surface area contributed by atoms with Crippen LogP contribution in [0.1, 0.15) is 11.5 Å². The Balaban J connectivity index is 2.10. The molecule has 0 aliphatic heterocycles. The Morgan fingerprint density at radius 1 is 1.56 bits per heavy atom. The van der Waals surface area contributed by atoms with Crippen molar-refractivity contribution >= 4 is 28.8 Å². The van der Waals surface area contributed by atoms with Gasteiger partial charge in [0.05, 0.1) is 11.5 Å². The molecule has 0 saturated heterocycles. The fourth-order valence-electron chi connectivity index (χ4n) is 1.37. The fourth-order valence-corrected chi connectivity index (χ4v) is 1.94. The van der Waals surface area contributed by atoms with Gasteiger partial charge in [0.25, 0.3) is 0 Å². The first-order chi connectivity index (χ1) is 7.65. The molecule has 1 heterocycles. The third kappa shape index (κ3) is 2.55. The zero-order chi connectivity index (χ0) is 11.5. The van der Waals surface area contributed by atoms with Crippen LogP contribution in [0.4, 0.5) is 0 Å². The molecule has 1 N–H and O–H groups in total. The van der Waals surface area contributed by atoms with E-state index in [-0.39, 0.29) is 5.75 Å². The second-order valence-electron chi connectivity index (χ2n) is 3.47. The number of aromatic nitrogens is 1. The maximum Gasteiger partial charge on any atom is 0.313 e. The molecule has 0 radical (unpaired) electrons. The van der Waals surface area contributed by atoms with Crippen molar-refractivity contribution in [3.63, 3.8) is 0 Å². The Labute approximate surface area is 96.7 Å². The summed E-state index contributed by atoms with van der Waals surface area (Å²) in [6, 6.07) is 5.80. The zero-order valence-electron chi connectivity index (χ0n) is 8.77. The lowest BCUT2D eigenvalue weighted by Gasteiger charge is -1.92. The highest BCUT2D eigenvalue weighted by atomic mass is 32.2. The molecule has 0 bridgehead atoms. The van der Waals surface area contributed by atoms with E-state index in [4.69, 9.17) is 9.52 Å². The van der Waals surface area contributed by atoms with Gasteiger partial charge in [-0.2, -0.15) is 0 Å². The number of rotatable bonds is 4. The number of fused-ring (bicyclic) bond motifs is 1. The zero-order valence-corrected chi connectivity index (χ0v) is 9.58. The second kappa shape index (κ2) is 4.57. The molecule has 84 valence electrons. The summed E-state index contributed by atoms with van der Waals surface area (Å²) in [5.74, 6) is 0.307. The molecule has 1 aromatic heterocycles. The summed E-state index contributed by atoms with van der Waals surface area (Å²) in [4.78, 5) is 14.6. The van der Waals surface area contributed by atoms with Crippen molar-refractivity contribution in [1.29, 1.82) is 0 Å². The van der Waals surface area contributed by atoms with Gasteiger partial charge in [-0.25, -0.2) is 4.98 Å². The smallest absolute Gasteiger partial charge is 0.313 e. The number of hydrogen-bond donors (Lipinski definition) is 1. The number of nitrogens with zero attached hydrogens (tertiary/aromatic N) is 1. The monoisotopic (exact) mass is 237 g/mol. The first-order valence-corrected chi connectivity index (χ1v) is 5.96. The second-order valence-corrected chi connectivity index (χ2v) is 4.45. The number of oxazole rings is 1. The molecule has 0 atom stereocenters. The van der Waals surface area contributed by atoms with Gasteiger partial charge in [0.15, 0.2) is 5.58 Å². The van der Waals surface area contributed by atoms with Crippen LogP contribution < -0.4 is 0 Å². The average Bonchev–Trinajstić information content (AvgIpc) is 2.58. The molecule has 0 spiro atoms. The largest absolute Gasteiger partial charge is 0.481 e. The maximum atomic E-state index is 10.3. The van der Waals surface area contributed by atoms with Crippen LogP contribution in [0.15, 0.2) is 22.6 Å². The summed E-state index contributed by atoms with van der Waals surface area (Å²) in [5.41, 5.74) is 2.69. The molecular formula is C11H11NO3S. The van der Waals surface area contributed by atoms with Gasteiger partial charge < -0.3 is 9.52 Å². The molecule has 5 heteroatoms. The number of aryl methyl sites for hydroxylation is 1. The van der Waals surface area contributed by atoms with Crippen LogP contribution in [0.25, 0.3) is 11.1 Å².